The number of unbranched alkanes of at least 4 members (excludes halogenated alkanes) is 24. The molecule has 0 heterocycles. The molecule has 1 N–H and O–H groups in total. The highest BCUT2D eigenvalue weighted by Crippen LogP contribution is 2.27. The van der Waals surface area contributed by atoms with Gasteiger partial charge in [-0.05, 0) is 58.0 Å². The van der Waals surface area contributed by atoms with Crippen molar-refractivity contribution < 1.29 is 19.4 Å². The van der Waals surface area contributed by atoms with Gasteiger partial charge in [-0.1, -0.05) is 187 Å². The number of carbonyl (C=O) groups is 2. The van der Waals surface area contributed by atoms with Crippen LogP contribution in [0.1, 0.15) is 233 Å². The van der Waals surface area contributed by atoms with Gasteiger partial charge in [0.2, 0.25) is 0 Å². The zero-order chi connectivity index (χ0) is 36.6. The predicted molar refractivity (Wildman–Crippen MR) is 220 cm³/mol. The molecule has 0 bridgehead atoms. The molecular weight excluding hydrogens is 639 g/mol. The standard InChI is InChI=1S/C44H87NO4S/c1-4-7-10-13-16-17-18-24-32-41-49-43(47)35-28-25-31-38-45(39-40-46)37-30-23-19-22-29-36-44(48)50-42(33-26-20-14-11-8-5-2)34-27-21-15-12-9-6-3/h42,46H,4-41H2,1-3H3. The Kier molecular flexibility index (Phi) is 40.7. The van der Waals surface area contributed by atoms with Gasteiger partial charge < -0.3 is 14.7 Å². The van der Waals surface area contributed by atoms with E-state index < -0.39 is 0 Å². The van der Waals surface area contributed by atoms with Gasteiger partial charge >= 0.3 is 5.97 Å². The van der Waals surface area contributed by atoms with E-state index in [0.29, 0.717) is 23.4 Å². The van der Waals surface area contributed by atoms with Crippen molar-refractivity contribution in [3.05, 3.63) is 0 Å². The summed E-state index contributed by atoms with van der Waals surface area (Å²) in [6, 6.07) is 0. The summed E-state index contributed by atoms with van der Waals surface area (Å²) in [5.41, 5.74) is 0. The largest absolute Gasteiger partial charge is 0.466 e. The second-order valence-corrected chi connectivity index (χ2v) is 16.5. The van der Waals surface area contributed by atoms with Crippen LogP contribution in [0.3, 0.4) is 0 Å². The Bertz CT molecular complexity index is 690. The minimum atomic E-state index is -0.0433. The van der Waals surface area contributed by atoms with E-state index in [9.17, 15) is 14.7 Å². The molecule has 0 amide bonds. The molecule has 5 nitrogen and oxygen atoms in total. The van der Waals surface area contributed by atoms with Crippen molar-refractivity contribution in [2.45, 2.75) is 238 Å². The zero-order valence-electron chi connectivity index (χ0n) is 34.0. The summed E-state index contributed by atoms with van der Waals surface area (Å²) in [4.78, 5) is 27.3. The number of nitrogens with zero attached hydrogens (tertiary/aromatic N) is 1. The first-order chi connectivity index (χ1) is 24.6. The molecule has 0 saturated heterocycles. The van der Waals surface area contributed by atoms with Gasteiger partial charge in [0.05, 0.1) is 13.2 Å². The molecule has 0 spiro atoms. The number of thioether (sulfide) groups is 1. The van der Waals surface area contributed by atoms with Crippen molar-refractivity contribution in [3.8, 4) is 0 Å². The monoisotopic (exact) mass is 726 g/mol. The molecular formula is C44H87NO4S. The molecule has 0 aromatic rings. The van der Waals surface area contributed by atoms with Crippen molar-refractivity contribution in [1.29, 1.82) is 0 Å². The maximum Gasteiger partial charge on any atom is 0.305 e. The Morgan fingerprint density at radius 3 is 1.40 bits per heavy atom. The van der Waals surface area contributed by atoms with Gasteiger partial charge in [0, 0.05) is 24.6 Å². The van der Waals surface area contributed by atoms with Crippen molar-refractivity contribution >= 4 is 22.8 Å². The molecule has 0 radical (unpaired) electrons. The second kappa shape index (κ2) is 41.2. The molecule has 0 atom stereocenters. The summed E-state index contributed by atoms with van der Waals surface area (Å²) in [7, 11) is 0. The normalized spacial score (nSPS) is 11.6. The Morgan fingerprint density at radius 2 is 0.900 bits per heavy atom. The lowest BCUT2D eigenvalue weighted by Gasteiger charge is -2.21. The third-order valence-electron chi connectivity index (χ3n) is 10.2. The number of esters is 1. The fourth-order valence-electron chi connectivity index (χ4n) is 6.88. The summed E-state index contributed by atoms with van der Waals surface area (Å²) >= 11 is 1.69. The molecule has 0 aromatic carbocycles. The first-order valence-electron chi connectivity index (χ1n) is 22.3. The molecule has 0 rings (SSSR count). The van der Waals surface area contributed by atoms with Gasteiger partial charge in [0.15, 0.2) is 5.12 Å². The van der Waals surface area contributed by atoms with E-state index in [1.54, 1.807) is 11.8 Å². The van der Waals surface area contributed by atoms with E-state index >= 15 is 0 Å². The maximum absolute atomic E-state index is 12.9. The van der Waals surface area contributed by atoms with Crippen LogP contribution in [0.15, 0.2) is 0 Å². The first-order valence-corrected chi connectivity index (χ1v) is 23.1. The Labute approximate surface area is 317 Å². The Balaban J connectivity index is 3.96. The zero-order valence-corrected chi connectivity index (χ0v) is 34.8. The van der Waals surface area contributed by atoms with E-state index in [2.05, 4.69) is 25.7 Å². The SMILES string of the molecule is CCCCCCCCCCCOC(=O)CCCCCN(CCO)CCCCCCCC(=O)SC(CCCCCCCC)CCCCCCCC. The Morgan fingerprint density at radius 1 is 0.500 bits per heavy atom. The van der Waals surface area contributed by atoms with Gasteiger partial charge in [0.1, 0.15) is 0 Å². The minimum absolute atomic E-state index is 0.0433. The second-order valence-electron chi connectivity index (χ2n) is 15.2. The fraction of sp³-hybridized carbons (Fsp3) is 0.955. The summed E-state index contributed by atoms with van der Waals surface area (Å²) in [6.45, 7) is 10.3. The predicted octanol–water partition coefficient (Wildman–Crippen LogP) is 13.4. The van der Waals surface area contributed by atoms with Gasteiger partial charge in [-0.2, -0.15) is 0 Å². The number of carbonyl (C=O) groups excluding carboxylic acids is 2. The quantitative estimate of drug-likeness (QED) is 0.0500. The summed E-state index contributed by atoms with van der Waals surface area (Å²) in [5, 5.41) is 10.5. The molecule has 0 unspecified atom stereocenters. The summed E-state index contributed by atoms with van der Waals surface area (Å²) in [5.74, 6) is -0.0433. The highest BCUT2D eigenvalue weighted by atomic mass is 32.2. The van der Waals surface area contributed by atoms with Gasteiger partial charge in [-0.15, -0.1) is 0 Å². The number of aliphatic hydroxyl groups excluding tert-OH is 1. The highest BCUT2D eigenvalue weighted by molar-refractivity contribution is 8.14. The van der Waals surface area contributed by atoms with Crippen molar-refractivity contribution in [3.63, 3.8) is 0 Å². The molecule has 0 aliphatic rings. The molecule has 0 saturated carbocycles. The highest BCUT2D eigenvalue weighted by Gasteiger charge is 2.15. The van der Waals surface area contributed by atoms with Crippen molar-refractivity contribution in [2.75, 3.05) is 32.8 Å². The van der Waals surface area contributed by atoms with E-state index in [0.717, 1.165) is 71.0 Å². The number of aliphatic hydroxyl groups is 1. The van der Waals surface area contributed by atoms with E-state index in [1.165, 1.54) is 154 Å². The summed E-state index contributed by atoms with van der Waals surface area (Å²) < 4.78 is 5.44. The number of rotatable bonds is 41. The maximum atomic E-state index is 12.9. The lowest BCUT2D eigenvalue weighted by molar-refractivity contribution is -0.143. The molecule has 0 aliphatic carbocycles. The van der Waals surface area contributed by atoms with E-state index in [4.69, 9.17) is 4.74 Å². The van der Waals surface area contributed by atoms with E-state index in [1.807, 2.05) is 0 Å². The van der Waals surface area contributed by atoms with Crippen LogP contribution < -0.4 is 0 Å². The van der Waals surface area contributed by atoms with Crippen LogP contribution >= 0.6 is 11.8 Å². The smallest absolute Gasteiger partial charge is 0.305 e. The molecule has 50 heavy (non-hydrogen) atoms. The number of ether oxygens (including phenoxy) is 1. The van der Waals surface area contributed by atoms with Gasteiger partial charge in [-0.3, -0.25) is 9.59 Å². The van der Waals surface area contributed by atoms with Gasteiger partial charge in [-0.25, -0.2) is 0 Å². The molecule has 298 valence electrons. The van der Waals surface area contributed by atoms with Crippen LogP contribution in [0.25, 0.3) is 0 Å². The average molecular weight is 726 g/mol. The minimum Gasteiger partial charge on any atom is -0.466 e. The van der Waals surface area contributed by atoms with Crippen molar-refractivity contribution in [2.24, 2.45) is 0 Å². The lowest BCUT2D eigenvalue weighted by Crippen LogP contribution is -2.29. The Hall–Kier alpha value is -0.590. The molecule has 0 aromatic heterocycles. The average Bonchev–Trinajstić information content (AvgIpc) is 3.11. The third-order valence-corrected chi connectivity index (χ3v) is 11.5. The van der Waals surface area contributed by atoms with Crippen LogP contribution in [0, 0.1) is 0 Å². The first kappa shape index (κ1) is 49.4. The number of hydrogen-bond donors (Lipinski definition) is 1. The van der Waals surface area contributed by atoms with Gasteiger partial charge in [0.25, 0.3) is 0 Å². The van der Waals surface area contributed by atoms with Crippen LogP contribution in [0.2, 0.25) is 0 Å². The van der Waals surface area contributed by atoms with Crippen LogP contribution in [0.4, 0.5) is 0 Å². The molecule has 0 aliphatic heterocycles. The van der Waals surface area contributed by atoms with Crippen LogP contribution in [-0.2, 0) is 14.3 Å². The van der Waals surface area contributed by atoms with Crippen molar-refractivity contribution in [1.82, 2.24) is 4.90 Å². The topological polar surface area (TPSA) is 66.8 Å². The van der Waals surface area contributed by atoms with E-state index in [-0.39, 0.29) is 12.6 Å². The lowest BCUT2D eigenvalue weighted by atomic mass is 10.0. The molecule has 0 fully saturated rings. The van der Waals surface area contributed by atoms with Crippen LogP contribution in [-0.4, -0.2) is 59.2 Å². The summed E-state index contributed by atoms with van der Waals surface area (Å²) in [6.07, 6.45) is 39.8. The third kappa shape index (κ3) is 37.2. The molecule has 6 heteroatoms. The fourth-order valence-corrected chi connectivity index (χ4v) is 8.08. The van der Waals surface area contributed by atoms with Crippen LogP contribution in [0.5, 0.6) is 0 Å². The number of hydrogen-bond acceptors (Lipinski definition) is 6.